The molecule has 12 heavy (non-hydrogen) atoms. The molecule has 0 aromatic carbocycles. The highest BCUT2D eigenvalue weighted by molar-refractivity contribution is 4.79. The van der Waals surface area contributed by atoms with E-state index in [9.17, 15) is 9.50 Å². The first-order valence-corrected chi connectivity index (χ1v) is 4.60. The smallest absolute Gasteiger partial charge is 0.0977 e. The highest BCUT2D eigenvalue weighted by Crippen LogP contribution is 2.21. The summed E-state index contributed by atoms with van der Waals surface area (Å²) in [4.78, 5) is 2.15. The maximum atomic E-state index is 12.7. The Morgan fingerprint density at radius 3 is 2.92 bits per heavy atom. The van der Waals surface area contributed by atoms with Gasteiger partial charge in [0.25, 0.3) is 0 Å². The third kappa shape index (κ3) is 2.72. The van der Waals surface area contributed by atoms with Crippen LogP contribution in [0.2, 0.25) is 0 Å². The Morgan fingerprint density at radius 2 is 2.33 bits per heavy atom. The van der Waals surface area contributed by atoms with Gasteiger partial charge in [-0.1, -0.05) is 0 Å². The lowest BCUT2D eigenvalue weighted by Crippen LogP contribution is -2.41. The Bertz CT molecular complexity index is 138. The van der Waals surface area contributed by atoms with Crippen molar-refractivity contribution in [1.29, 1.82) is 0 Å². The number of hydrogen-bond donors (Lipinski definition) is 1. The molecule has 0 spiro atoms. The van der Waals surface area contributed by atoms with E-state index in [4.69, 9.17) is 0 Å². The van der Waals surface area contributed by atoms with Crippen molar-refractivity contribution < 1.29 is 9.50 Å². The van der Waals surface area contributed by atoms with E-state index in [0.29, 0.717) is 6.42 Å². The van der Waals surface area contributed by atoms with Gasteiger partial charge in [0.05, 0.1) is 12.3 Å². The van der Waals surface area contributed by atoms with Crippen LogP contribution in [0.4, 0.5) is 4.39 Å². The lowest BCUT2D eigenvalue weighted by Gasteiger charge is -2.34. The average Bonchev–Trinajstić information content (AvgIpc) is 1.96. The minimum atomic E-state index is -0.795. The van der Waals surface area contributed by atoms with E-state index in [0.717, 1.165) is 19.5 Å². The van der Waals surface area contributed by atoms with E-state index in [-0.39, 0.29) is 12.0 Å². The number of aliphatic hydroxyl groups is 1. The van der Waals surface area contributed by atoms with E-state index in [2.05, 4.69) is 4.90 Å². The first-order valence-electron chi connectivity index (χ1n) is 4.60. The summed E-state index contributed by atoms with van der Waals surface area (Å²) in [6.07, 6.45) is 0.190. The number of likely N-dealkylation sites (tertiary alicyclic amines) is 1. The van der Waals surface area contributed by atoms with Gasteiger partial charge in [0.1, 0.15) is 0 Å². The summed E-state index contributed by atoms with van der Waals surface area (Å²) in [5.41, 5.74) is 0. The second-order valence-corrected chi connectivity index (χ2v) is 3.89. The van der Waals surface area contributed by atoms with Crippen molar-refractivity contribution in [2.24, 2.45) is 5.92 Å². The SMILES string of the molecule is CC(F)CC1CN(C)CCC1O. The zero-order valence-electron chi connectivity index (χ0n) is 7.83. The lowest BCUT2D eigenvalue weighted by molar-refractivity contribution is 0.0225. The van der Waals surface area contributed by atoms with Gasteiger partial charge in [-0.25, -0.2) is 4.39 Å². The standard InChI is InChI=1S/C9H18FNO/c1-7(10)5-8-6-11(2)4-3-9(8)12/h7-9,12H,3-6H2,1-2H3. The highest BCUT2D eigenvalue weighted by Gasteiger charge is 2.26. The zero-order valence-corrected chi connectivity index (χ0v) is 7.83. The summed E-state index contributed by atoms with van der Waals surface area (Å²) in [5.74, 6) is 0.128. The van der Waals surface area contributed by atoms with Crippen molar-refractivity contribution >= 4 is 0 Å². The molecule has 0 aromatic rings. The van der Waals surface area contributed by atoms with Crippen LogP contribution in [-0.4, -0.2) is 42.4 Å². The van der Waals surface area contributed by atoms with Crippen LogP contribution in [0.25, 0.3) is 0 Å². The molecule has 1 saturated heterocycles. The van der Waals surface area contributed by atoms with Crippen molar-refractivity contribution in [2.75, 3.05) is 20.1 Å². The monoisotopic (exact) mass is 175 g/mol. The molecule has 0 radical (unpaired) electrons. The first kappa shape index (κ1) is 9.93. The van der Waals surface area contributed by atoms with Crippen LogP contribution < -0.4 is 0 Å². The molecule has 2 nitrogen and oxygen atoms in total. The molecule has 0 saturated carbocycles. The Hall–Kier alpha value is -0.150. The molecule has 1 aliphatic rings. The molecule has 1 rings (SSSR count). The summed E-state index contributed by atoms with van der Waals surface area (Å²) in [6.45, 7) is 3.31. The Labute approximate surface area is 73.4 Å². The molecule has 1 N–H and O–H groups in total. The molecule has 72 valence electrons. The molecule has 1 heterocycles. The van der Waals surface area contributed by atoms with Crippen LogP contribution in [0.15, 0.2) is 0 Å². The van der Waals surface area contributed by atoms with Gasteiger partial charge in [-0.3, -0.25) is 0 Å². The number of alkyl halides is 1. The largest absolute Gasteiger partial charge is 0.393 e. The number of nitrogens with zero attached hydrogens (tertiary/aromatic N) is 1. The molecule has 3 unspecified atom stereocenters. The molecule has 0 bridgehead atoms. The normalized spacial score (nSPS) is 35.0. The predicted molar refractivity (Wildman–Crippen MR) is 46.8 cm³/mol. The fourth-order valence-electron chi connectivity index (χ4n) is 1.85. The van der Waals surface area contributed by atoms with E-state index < -0.39 is 6.17 Å². The predicted octanol–water partition coefficient (Wildman–Crippen LogP) is 1.05. The van der Waals surface area contributed by atoms with Crippen molar-refractivity contribution in [2.45, 2.75) is 32.0 Å². The molecule has 0 aromatic heterocycles. The fourth-order valence-corrected chi connectivity index (χ4v) is 1.85. The average molecular weight is 175 g/mol. The molecule has 0 aliphatic carbocycles. The van der Waals surface area contributed by atoms with E-state index in [1.54, 1.807) is 6.92 Å². The quantitative estimate of drug-likeness (QED) is 0.678. The molecule has 1 aliphatic heterocycles. The van der Waals surface area contributed by atoms with Gasteiger partial charge in [0, 0.05) is 19.0 Å². The number of aliphatic hydroxyl groups excluding tert-OH is 1. The van der Waals surface area contributed by atoms with Gasteiger partial charge >= 0.3 is 0 Å². The van der Waals surface area contributed by atoms with E-state index in [1.807, 2.05) is 7.05 Å². The summed E-state index contributed by atoms with van der Waals surface area (Å²) in [6, 6.07) is 0. The third-order valence-electron chi connectivity index (χ3n) is 2.52. The molecule has 3 atom stereocenters. The van der Waals surface area contributed by atoms with Crippen LogP contribution in [0.5, 0.6) is 0 Å². The fraction of sp³-hybridized carbons (Fsp3) is 1.00. The van der Waals surface area contributed by atoms with Crippen LogP contribution >= 0.6 is 0 Å². The van der Waals surface area contributed by atoms with Gasteiger partial charge in [-0.15, -0.1) is 0 Å². The number of hydrogen-bond acceptors (Lipinski definition) is 2. The van der Waals surface area contributed by atoms with Crippen molar-refractivity contribution in [1.82, 2.24) is 4.90 Å². The first-order chi connectivity index (χ1) is 5.59. The third-order valence-corrected chi connectivity index (χ3v) is 2.52. The van der Waals surface area contributed by atoms with Crippen molar-refractivity contribution in [3.8, 4) is 0 Å². The molecule has 1 fully saturated rings. The summed E-state index contributed by atoms with van der Waals surface area (Å²) in [7, 11) is 2.02. The van der Waals surface area contributed by atoms with Crippen LogP contribution in [0.3, 0.4) is 0 Å². The lowest BCUT2D eigenvalue weighted by atomic mass is 9.90. The zero-order chi connectivity index (χ0) is 9.14. The van der Waals surface area contributed by atoms with Gasteiger partial charge in [-0.2, -0.15) is 0 Å². The summed E-state index contributed by atoms with van der Waals surface area (Å²) >= 11 is 0. The number of rotatable bonds is 2. The molecular formula is C9H18FNO. The minimum Gasteiger partial charge on any atom is -0.393 e. The molecule has 3 heteroatoms. The summed E-state index contributed by atoms with van der Waals surface area (Å²) < 4.78 is 12.7. The number of halogens is 1. The Morgan fingerprint density at radius 1 is 1.67 bits per heavy atom. The highest BCUT2D eigenvalue weighted by atomic mass is 19.1. The number of piperidine rings is 1. The molecular weight excluding hydrogens is 157 g/mol. The van der Waals surface area contributed by atoms with E-state index in [1.165, 1.54) is 0 Å². The van der Waals surface area contributed by atoms with Crippen LogP contribution in [-0.2, 0) is 0 Å². The van der Waals surface area contributed by atoms with Crippen molar-refractivity contribution in [3.05, 3.63) is 0 Å². The molecule has 0 amide bonds. The van der Waals surface area contributed by atoms with Crippen LogP contribution in [0.1, 0.15) is 19.8 Å². The maximum absolute atomic E-state index is 12.7. The van der Waals surface area contributed by atoms with Crippen LogP contribution in [0, 0.1) is 5.92 Å². The summed E-state index contributed by atoms with van der Waals surface area (Å²) in [5, 5.41) is 9.54. The Balaban J connectivity index is 2.38. The second kappa shape index (κ2) is 4.19. The van der Waals surface area contributed by atoms with E-state index >= 15 is 0 Å². The van der Waals surface area contributed by atoms with Gasteiger partial charge in [0.2, 0.25) is 0 Å². The topological polar surface area (TPSA) is 23.5 Å². The van der Waals surface area contributed by atoms with Crippen molar-refractivity contribution in [3.63, 3.8) is 0 Å². The Kier molecular flexibility index (Phi) is 3.47. The second-order valence-electron chi connectivity index (χ2n) is 3.89. The minimum absolute atomic E-state index is 0.128. The van der Waals surface area contributed by atoms with Gasteiger partial charge < -0.3 is 10.0 Å². The maximum Gasteiger partial charge on any atom is 0.0977 e. The van der Waals surface area contributed by atoms with Gasteiger partial charge in [-0.05, 0) is 26.8 Å². The van der Waals surface area contributed by atoms with Gasteiger partial charge in [0.15, 0.2) is 0 Å².